The van der Waals surface area contributed by atoms with Crippen LogP contribution in [0.2, 0.25) is 0 Å². The maximum atomic E-state index is 12.5. The quantitative estimate of drug-likeness (QED) is 0.675. The summed E-state index contributed by atoms with van der Waals surface area (Å²) >= 11 is 3.08. The van der Waals surface area contributed by atoms with Gasteiger partial charge >= 0.3 is 6.03 Å². The van der Waals surface area contributed by atoms with Gasteiger partial charge in [0.1, 0.15) is 11.0 Å². The molecule has 2 aromatic rings. The van der Waals surface area contributed by atoms with E-state index in [1.54, 1.807) is 17.5 Å². The molecular formula is C17H20N4O3S2. The highest BCUT2D eigenvalue weighted by molar-refractivity contribution is 7.09. The minimum absolute atomic E-state index is 0.0731. The van der Waals surface area contributed by atoms with E-state index in [4.69, 9.17) is 0 Å². The third kappa shape index (κ3) is 4.28. The number of nitrogens with one attached hydrogen (secondary N) is 2. The van der Waals surface area contributed by atoms with Gasteiger partial charge in [-0.25, -0.2) is 9.78 Å². The minimum atomic E-state index is -0.799. The summed E-state index contributed by atoms with van der Waals surface area (Å²) in [6.45, 7) is 2.26. The normalized spacial score (nSPS) is 18.0. The number of nitrogens with zero attached hydrogens (tertiary/aromatic N) is 2. The van der Waals surface area contributed by atoms with Gasteiger partial charge in [-0.1, -0.05) is 6.92 Å². The van der Waals surface area contributed by atoms with Crippen molar-refractivity contribution in [3.05, 3.63) is 39.0 Å². The maximum absolute atomic E-state index is 12.5. The van der Waals surface area contributed by atoms with Crippen LogP contribution < -0.4 is 10.6 Å². The van der Waals surface area contributed by atoms with Crippen molar-refractivity contribution in [3.63, 3.8) is 0 Å². The van der Waals surface area contributed by atoms with Crippen molar-refractivity contribution < 1.29 is 14.4 Å². The van der Waals surface area contributed by atoms with Gasteiger partial charge in [-0.05, 0) is 28.8 Å². The van der Waals surface area contributed by atoms with E-state index in [0.717, 1.165) is 10.6 Å². The number of carbonyl (C=O) groups is 3. The molecule has 2 N–H and O–H groups in total. The summed E-state index contributed by atoms with van der Waals surface area (Å²) in [5, 5.41) is 12.3. The van der Waals surface area contributed by atoms with Gasteiger partial charge in [0.05, 0.1) is 12.5 Å². The van der Waals surface area contributed by atoms with Crippen molar-refractivity contribution in [2.45, 2.75) is 38.3 Å². The summed E-state index contributed by atoms with van der Waals surface area (Å²) in [7, 11) is 0. The smallest absolute Gasteiger partial charge is 0.324 e. The van der Waals surface area contributed by atoms with Crippen LogP contribution in [0.25, 0.3) is 0 Å². The molecule has 0 aromatic carbocycles. The Balaban J connectivity index is 1.63. The lowest BCUT2D eigenvalue weighted by molar-refractivity contribution is -0.131. The van der Waals surface area contributed by atoms with Crippen LogP contribution in [0.4, 0.5) is 4.79 Å². The van der Waals surface area contributed by atoms with Gasteiger partial charge in [0.15, 0.2) is 0 Å². The molecule has 26 heavy (non-hydrogen) atoms. The first kappa shape index (κ1) is 18.5. The summed E-state index contributed by atoms with van der Waals surface area (Å²) in [4.78, 5) is 42.1. The maximum Gasteiger partial charge on any atom is 0.324 e. The summed E-state index contributed by atoms with van der Waals surface area (Å²) in [5.74, 6) is -0.618. The molecule has 3 heterocycles. The SMILES string of the molecule is CCCN1C(=O)NC(CC(=O)NC(Cc2ccsc2)c2nccs2)C1=O. The molecule has 1 fully saturated rings. The average Bonchev–Trinajstić information content (AvgIpc) is 3.34. The molecule has 0 radical (unpaired) electrons. The number of hydrogen-bond donors (Lipinski definition) is 2. The second-order valence-corrected chi connectivity index (χ2v) is 7.73. The van der Waals surface area contributed by atoms with Crippen molar-refractivity contribution in [2.24, 2.45) is 0 Å². The molecule has 1 aliphatic heterocycles. The van der Waals surface area contributed by atoms with E-state index in [1.807, 2.05) is 29.1 Å². The second-order valence-electron chi connectivity index (χ2n) is 6.02. The zero-order chi connectivity index (χ0) is 18.5. The lowest BCUT2D eigenvalue weighted by Gasteiger charge is -2.17. The van der Waals surface area contributed by atoms with Crippen LogP contribution >= 0.6 is 22.7 Å². The summed E-state index contributed by atoms with van der Waals surface area (Å²) < 4.78 is 0. The Kier molecular flexibility index (Phi) is 6.00. The molecule has 7 nitrogen and oxygen atoms in total. The Morgan fingerprint density at radius 1 is 1.42 bits per heavy atom. The van der Waals surface area contributed by atoms with Gasteiger partial charge in [0.25, 0.3) is 5.91 Å². The highest BCUT2D eigenvalue weighted by Crippen LogP contribution is 2.22. The molecular weight excluding hydrogens is 372 g/mol. The number of amides is 4. The van der Waals surface area contributed by atoms with Crippen molar-refractivity contribution in [1.82, 2.24) is 20.5 Å². The first-order valence-electron chi connectivity index (χ1n) is 8.40. The highest BCUT2D eigenvalue weighted by Gasteiger charge is 2.38. The van der Waals surface area contributed by atoms with Crippen LogP contribution in [-0.4, -0.2) is 40.3 Å². The van der Waals surface area contributed by atoms with E-state index in [2.05, 4.69) is 15.6 Å². The zero-order valence-corrected chi connectivity index (χ0v) is 15.9. The number of carbonyl (C=O) groups excluding carboxylic acids is 3. The molecule has 0 bridgehead atoms. The Bertz CT molecular complexity index is 761. The number of imide groups is 1. The Morgan fingerprint density at radius 2 is 2.27 bits per heavy atom. The van der Waals surface area contributed by atoms with Crippen LogP contribution in [0.1, 0.15) is 36.4 Å². The topological polar surface area (TPSA) is 91.4 Å². The highest BCUT2D eigenvalue weighted by atomic mass is 32.1. The zero-order valence-electron chi connectivity index (χ0n) is 14.3. The van der Waals surface area contributed by atoms with Crippen LogP contribution in [0, 0.1) is 0 Å². The summed E-state index contributed by atoms with van der Waals surface area (Å²) in [6, 6.07) is 0.536. The van der Waals surface area contributed by atoms with Gasteiger partial charge in [-0.3, -0.25) is 14.5 Å². The fraction of sp³-hybridized carbons (Fsp3) is 0.412. The molecule has 2 atom stereocenters. The molecule has 0 spiro atoms. The second kappa shape index (κ2) is 8.41. The van der Waals surface area contributed by atoms with Gasteiger partial charge in [0.2, 0.25) is 5.91 Å². The van der Waals surface area contributed by atoms with Gasteiger partial charge in [-0.15, -0.1) is 11.3 Å². The van der Waals surface area contributed by atoms with Crippen LogP contribution in [0.5, 0.6) is 0 Å². The number of rotatable bonds is 8. The van der Waals surface area contributed by atoms with Gasteiger partial charge in [0, 0.05) is 24.5 Å². The summed E-state index contributed by atoms with van der Waals surface area (Å²) in [6.07, 6.45) is 2.95. The number of thiazole rings is 1. The number of aromatic nitrogens is 1. The first-order valence-corrected chi connectivity index (χ1v) is 10.2. The average molecular weight is 393 g/mol. The van der Waals surface area contributed by atoms with Crippen molar-refractivity contribution in [3.8, 4) is 0 Å². The Morgan fingerprint density at radius 3 is 2.92 bits per heavy atom. The molecule has 4 amide bonds. The van der Waals surface area contributed by atoms with Gasteiger partial charge in [-0.2, -0.15) is 11.3 Å². The third-order valence-electron chi connectivity index (χ3n) is 4.05. The fourth-order valence-corrected chi connectivity index (χ4v) is 4.21. The van der Waals surface area contributed by atoms with E-state index in [0.29, 0.717) is 19.4 Å². The van der Waals surface area contributed by atoms with E-state index in [-0.39, 0.29) is 24.3 Å². The van der Waals surface area contributed by atoms with Crippen LogP contribution in [0.15, 0.2) is 28.4 Å². The molecule has 2 unspecified atom stereocenters. The number of hydrogen-bond acceptors (Lipinski definition) is 6. The Hall–Kier alpha value is -2.26. The largest absolute Gasteiger partial charge is 0.346 e. The van der Waals surface area contributed by atoms with Crippen LogP contribution in [-0.2, 0) is 16.0 Å². The molecule has 3 rings (SSSR count). The van der Waals surface area contributed by atoms with Crippen LogP contribution in [0.3, 0.4) is 0 Å². The van der Waals surface area contributed by atoms with Gasteiger partial charge < -0.3 is 10.6 Å². The molecule has 2 aromatic heterocycles. The van der Waals surface area contributed by atoms with E-state index >= 15 is 0 Å². The van der Waals surface area contributed by atoms with Crippen molar-refractivity contribution >= 4 is 40.5 Å². The Labute approximate surface area is 159 Å². The van der Waals surface area contributed by atoms with E-state index in [9.17, 15) is 14.4 Å². The molecule has 1 saturated heterocycles. The molecule has 0 saturated carbocycles. The molecule has 1 aliphatic rings. The summed E-state index contributed by atoms with van der Waals surface area (Å²) in [5.41, 5.74) is 1.12. The predicted octanol–water partition coefficient (Wildman–Crippen LogP) is 2.33. The minimum Gasteiger partial charge on any atom is -0.346 e. The third-order valence-corrected chi connectivity index (χ3v) is 5.67. The van der Waals surface area contributed by atoms with E-state index in [1.165, 1.54) is 16.2 Å². The standard InChI is InChI=1S/C17H20N4O3S2/c1-2-5-21-16(23)13(20-17(21)24)9-14(22)19-12(15-18-4-7-26-15)8-11-3-6-25-10-11/h3-4,6-7,10,12-13H,2,5,8-9H2,1H3,(H,19,22)(H,20,24). The molecule has 0 aliphatic carbocycles. The van der Waals surface area contributed by atoms with Crippen molar-refractivity contribution in [2.75, 3.05) is 6.54 Å². The molecule has 138 valence electrons. The first-order chi connectivity index (χ1) is 12.6. The number of urea groups is 1. The lowest BCUT2D eigenvalue weighted by Crippen LogP contribution is -2.38. The number of thiophene rings is 1. The van der Waals surface area contributed by atoms with E-state index < -0.39 is 12.1 Å². The lowest BCUT2D eigenvalue weighted by atomic mass is 10.1. The monoisotopic (exact) mass is 392 g/mol. The molecule has 9 heteroatoms. The predicted molar refractivity (Wildman–Crippen MR) is 100.0 cm³/mol. The fourth-order valence-electron chi connectivity index (χ4n) is 2.84. The van der Waals surface area contributed by atoms with Crippen molar-refractivity contribution in [1.29, 1.82) is 0 Å².